The molecular formula is C23H23BrN2O3. The molecule has 0 atom stereocenters. The van der Waals surface area contributed by atoms with Gasteiger partial charge in [0.1, 0.15) is 5.75 Å². The maximum atomic E-state index is 13.3. The van der Waals surface area contributed by atoms with Gasteiger partial charge in [-0.15, -0.1) is 0 Å². The van der Waals surface area contributed by atoms with Crippen LogP contribution < -0.4 is 10.3 Å². The van der Waals surface area contributed by atoms with Crippen LogP contribution in [0.4, 0.5) is 0 Å². The molecule has 4 rings (SSSR count). The first-order valence-corrected chi connectivity index (χ1v) is 10.6. The Kier molecular flexibility index (Phi) is 5.72. The molecule has 1 saturated carbocycles. The zero-order chi connectivity index (χ0) is 20.4. The van der Waals surface area contributed by atoms with Crippen molar-refractivity contribution in [1.29, 1.82) is 0 Å². The third-order valence-corrected chi connectivity index (χ3v) is 6.12. The second-order valence-electron chi connectivity index (χ2n) is 7.46. The lowest BCUT2D eigenvalue weighted by Crippen LogP contribution is -2.39. The molecule has 2 aromatic carbocycles. The van der Waals surface area contributed by atoms with E-state index in [4.69, 9.17) is 4.74 Å². The average Bonchev–Trinajstić information content (AvgIpc) is 3.26. The highest BCUT2D eigenvalue weighted by molar-refractivity contribution is 9.10. The third-order valence-electron chi connectivity index (χ3n) is 5.59. The largest absolute Gasteiger partial charge is 0.497 e. The van der Waals surface area contributed by atoms with Crippen LogP contribution in [0.25, 0.3) is 10.9 Å². The van der Waals surface area contributed by atoms with Crippen LogP contribution in [0.5, 0.6) is 5.75 Å². The Bertz CT molecular complexity index is 1090. The molecule has 1 N–H and O–H groups in total. The molecule has 1 amide bonds. The highest BCUT2D eigenvalue weighted by Gasteiger charge is 2.28. The molecule has 5 nitrogen and oxygen atoms in total. The molecule has 6 heteroatoms. The van der Waals surface area contributed by atoms with Crippen molar-refractivity contribution < 1.29 is 9.53 Å². The Balaban J connectivity index is 1.68. The van der Waals surface area contributed by atoms with E-state index in [-0.39, 0.29) is 17.5 Å². The van der Waals surface area contributed by atoms with Gasteiger partial charge in [-0.3, -0.25) is 9.59 Å². The molecule has 1 fully saturated rings. The first-order valence-electron chi connectivity index (χ1n) is 9.81. The van der Waals surface area contributed by atoms with E-state index in [1.165, 1.54) is 0 Å². The maximum Gasteiger partial charge on any atom is 0.254 e. The number of carbonyl (C=O) groups excluding carboxylic acids is 1. The van der Waals surface area contributed by atoms with Crippen LogP contribution in [0.2, 0.25) is 0 Å². The molecule has 3 aromatic rings. The molecule has 0 radical (unpaired) electrons. The van der Waals surface area contributed by atoms with Crippen LogP contribution in [-0.2, 0) is 6.54 Å². The zero-order valence-electron chi connectivity index (χ0n) is 16.3. The average molecular weight is 455 g/mol. The minimum atomic E-state index is -0.169. The summed E-state index contributed by atoms with van der Waals surface area (Å²) in [6, 6.07) is 15.0. The molecular weight excluding hydrogens is 432 g/mol. The van der Waals surface area contributed by atoms with E-state index in [2.05, 4.69) is 20.9 Å². The number of fused-ring (bicyclic) bond motifs is 1. The van der Waals surface area contributed by atoms with Crippen LogP contribution in [0.3, 0.4) is 0 Å². The van der Waals surface area contributed by atoms with Crippen LogP contribution >= 0.6 is 15.9 Å². The second kappa shape index (κ2) is 8.41. The van der Waals surface area contributed by atoms with Crippen molar-refractivity contribution in [2.24, 2.45) is 0 Å². The first-order chi connectivity index (χ1) is 14.0. The van der Waals surface area contributed by atoms with Crippen molar-refractivity contribution in [2.45, 2.75) is 38.3 Å². The summed E-state index contributed by atoms with van der Waals surface area (Å²) >= 11 is 3.42. The SMILES string of the molecule is COc1ccc2cc(CN(C(=O)c3ccc(Br)cc3)C3CCCC3)c(=O)[nH]c2c1. The first kappa shape index (κ1) is 19.7. The van der Waals surface area contributed by atoms with Crippen LogP contribution in [-0.4, -0.2) is 28.9 Å². The number of H-pyrrole nitrogens is 1. The van der Waals surface area contributed by atoms with E-state index in [0.29, 0.717) is 23.4 Å². The normalized spacial score (nSPS) is 14.3. The zero-order valence-corrected chi connectivity index (χ0v) is 17.9. The number of rotatable bonds is 5. The van der Waals surface area contributed by atoms with Gasteiger partial charge in [0.25, 0.3) is 11.5 Å². The second-order valence-corrected chi connectivity index (χ2v) is 8.37. The number of aromatic amines is 1. The van der Waals surface area contributed by atoms with E-state index < -0.39 is 0 Å². The van der Waals surface area contributed by atoms with Crippen molar-refractivity contribution in [3.05, 3.63) is 74.5 Å². The van der Waals surface area contributed by atoms with Crippen LogP contribution in [0.1, 0.15) is 41.6 Å². The number of aromatic nitrogens is 1. The Morgan fingerprint density at radius 2 is 1.86 bits per heavy atom. The number of halogens is 1. The van der Waals surface area contributed by atoms with E-state index in [1.54, 1.807) is 7.11 Å². The van der Waals surface area contributed by atoms with E-state index in [0.717, 1.165) is 41.1 Å². The molecule has 0 spiro atoms. The lowest BCUT2D eigenvalue weighted by molar-refractivity contribution is 0.0664. The van der Waals surface area contributed by atoms with Gasteiger partial charge in [-0.2, -0.15) is 0 Å². The molecule has 1 aliphatic carbocycles. The Hall–Kier alpha value is -2.60. The Morgan fingerprint density at radius 3 is 2.55 bits per heavy atom. The molecule has 1 aliphatic rings. The molecule has 0 aliphatic heterocycles. The van der Waals surface area contributed by atoms with Gasteiger partial charge in [-0.1, -0.05) is 28.8 Å². The predicted molar refractivity (Wildman–Crippen MR) is 117 cm³/mol. The number of pyridine rings is 1. The number of hydrogen-bond acceptors (Lipinski definition) is 3. The van der Waals surface area contributed by atoms with Gasteiger partial charge in [0.05, 0.1) is 19.2 Å². The van der Waals surface area contributed by atoms with Crippen LogP contribution in [0.15, 0.2) is 57.8 Å². The molecule has 0 bridgehead atoms. The molecule has 0 saturated heterocycles. The fourth-order valence-electron chi connectivity index (χ4n) is 3.99. The molecule has 1 aromatic heterocycles. The van der Waals surface area contributed by atoms with Crippen molar-refractivity contribution in [1.82, 2.24) is 9.88 Å². The number of amides is 1. The number of hydrogen-bond donors (Lipinski definition) is 1. The maximum absolute atomic E-state index is 13.3. The van der Waals surface area contributed by atoms with Gasteiger partial charge in [0.2, 0.25) is 0 Å². The summed E-state index contributed by atoms with van der Waals surface area (Å²) in [4.78, 5) is 30.8. The fraction of sp³-hybridized carbons (Fsp3) is 0.304. The number of ether oxygens (including phenoxy) is 1. The number of benzene rings is 2. The lowest BCUT2D eigenvalue weighted by atomic mass is 10.1. The van der Waals surface area contributed by atoms with Crippen molar-refractivity contribution in [3.63, 3.8) is 0 Å². The van der Waals surface area contributed by atoms with Gasteiger partial charge < -0.3 is 14.6 Å². The Morgan fingerprint density at radius 1 is 1.14 bits per heavy atom. The van der Waals surface area contributed by atoms with Crippen LogP contribution in [0, 0.1) is 0 Å². The Labute approximate surface area is 177 Å². The number of nitrogens with one attached hydrogen (secondary N) is 1. The highest BCUT2D eigenvalue weighted by Crippen LogP contribution is 2.27. The lowest BCUT2D eigenvalue weighted by Gasteiger charge is -2.29. The summed E-state index contributed by atoms with van der Waals surface area (Å²) in [6.07, 6.45) is 4.18. The summed E-state index contributed by atoms with van der Waals surface area (Å²) in [7, 11) is 1.60. The standard InChI is InChI=1S/C23H23BrN2O3/c1-29-20-11-8-16-12-17(22(27)25-21(16)13-20)14-26(19-4-2-3-5-19)23(28)15-6-9-18(24)10-7-15/h6-13,19H,2-5,14H2,1H3,(H,25,27). The third kappa shape index (κ3) is 4.22. The number of carbonyl (C=O) groups is 1. The summed E-state index contributed by atoms with van der Waals surface area (Å²) in [5, 5.41) is 0.919. The van der Waals surface area contributed by atoms with Gasteiger partial charge >= 0.3 is 0 Å². The highest BCUT2D eigenvalue weighted by atomic mass is 79.9. The topological polar surface area (TPSA) is 62.4 Å². The van der Waals surface area contributed by atoms with Gasteiger partial charge in [-0.05, 0) is 60.7 Å². The minimum Gasteiger partial charge on any atom is -0.497 e. The predicted octanol–water partition coefficient (Wildman–Crippen LogP) is 4.88. The van der Waals surface area contributed by atoms with Crippen molar-refractivity contribution in [3.8, 4) is 5.75 Å². The summed E-state index contributed by atoms with van der Waals surface area (Å²) in [5.41, 5.74) is 1.80. The van der Waals surface area contributed by atoms with E-state index >= 15 is 0 Å². The monoisotopic (exact) mass is 454 g/mol. The summed E-state index contributed by atoms with van der Waals surface area (Å²) in [5.74, 6) is 0.664. The molecule has 1 heterocycles. The van der Waals surface area contributed by atoms with Gasteiger partial charge in [0.15, 0.2) is 0 Å². The molecule has 29 heavy (non-hydrogen) atoms. The summed E-state index contributed by atoms with van der Waals surface area (Å²) in [6.45, 7) is 0.302. The molecule has 150 valence electrons. The van der Waals surface area contributed by atoms with Gasteiger partial charge in [-0.25, -0.2) is 0 Å². The summed E-state index contributed by atoms with van der Waals surface area (Å²) < 4.78 is 6.17. The van der Waals surface area contributed by atoms with Crippen molar-refractivity contribution >= 4 is 32.7 Å². The fourth-order valence-corrected chi connectivity index (χ4v) is 4.26. The number of methoxy groups -OCH3 is 1. The quantitative estimate of drug-likeness (QED) is 0.596. The number of nitrogens with zero attached hydrogens (tertiary/aromatic N) is 1. The van der Waals surface area contributed by atoms with E-state index in [9.17, 15) is 9.59 Å². The van der Waals surface area contributed by atoms with E-state index in [1.807, 2.05) is 53.4 Å². The molecule has 0 unspecified atom stereocenters. The smallest absolute Gasteiger partial charge is 0.254 e. The minimum absolute atomic E-state index is 0.0290. The van der Waals surface area contributed by atoms with Gasteiger partial charge in [0, 0.05) is 27.7 Å². The van der Waals surface area contributed by atoms with Crippen molar-refractivity contribution in [2.75, 3.05) is 7.11 Å².